The fraction of sp³-hybridized carbons (Fsp3) is 0.758. The van der Waals surface area contributed by atoms with Gasteiger partial charge < -0.3 is 18.6 Å². The summed E-state index contributed by atoms with van der Waals surface area (Å²) in [5.41, 5.74) is 0. The van der Waals surface area contributed by atoms with Crippen LogP contribution in [0, 0.1) is 11.8 Å². The van der Waals surface area contributed by atoms with Crippen LogP contribution in [0.1, 0.15) is 100 Å². The van der Waals surface area contributed by atoms with Crippen LogP contribution in [0.25, 0.3) is 0 Å². The number of aryl methyl sites for hydroxylation is 1. The summed E-state index contributed by atoms with van der Waals surface area (Å²) in [5, 5.41) is -0.0140. The number of alkyl halides is 1. The summed E-state index contributed by atoms with van der Waals surface area (Å²) < 4.78 is 23.9. The zero-order valence-electron chi connectivity index (χ0n) is 26.8. The highest BCUT2D eigenvalue weighted by Gasteiger charge is 2.43. The molecule has 6 nitrogen and oxygen atoms in total. The second kappa shape index (κ2) is 16.3. The highest BCUT2D eigenvalue weighted by Crippen LogP contribution is 2.43. The molecule has 2 fully saturated rings. The van der Waals surface area contributed by atoms with Gasteiger partial charge in [0.1, 0.15) is 11.0 Å². The number of unbranched alkanes of at least 4 members (excludes halogenated alkanes) is 1. The van der Waals surface area contributed by atoms with E-state index in [1.807, 2.05) is 12.1 Å². The van der Waals surface area contributed by atoms with E-state index >= 15 is 0 Å². The van der Waals surface area contributed by atoms with Crippen LogP contribution in [0.3, 0.4) is 0 Å². The number of hydrogen-bond acceptors (Lipinski definition) is 7. The van der Waals surface area contributed by atoms with Crippen molar-refractivity contribution < 1.29 is 28.2 Å². The van der Waals surface area contributed by atoms with E-state index in [0.29, 0.717) is 4.88 Å². The van der Waals surface area contributed by atoms with Gasteiger partial charge in [-0.2, -0.15) is 0 Å². The van der Waals surface area contributed by atoms with Crippen LogP contribution < -0.4 is 0 Å². The van der Waals surface area contributed by atoms with Gasteiger partial charge >= 0.3 is 5.97 Å². The first-order valence-electron chi connectivity index (χ1n) is 15.8. The number of hydrogen-bond donors (Lipinski definition) is 0. The van der Waals surface area contributed by atoms with Gasteiger partial charge in [0.05, 0.1) is 13.2 Å². The Labute approximate surface area is 264 Å². The lowest BCUT2D eigenvalue weighted by Gasteiger charge is -2.38. The maximum atomic E-state index is 13.7. The molecule has 6 atom stereocenters. The zero-order chi connectivity index (χ0) is 30.9. The van der Waals surface area contributed by atoms with Gasteiger partial charge in [-0.25, -0.2) is 4.79 Å². The SMILES string of the molecule is CCCCC(O[Si](C)(C)C(C)(C)C)C(=O)C=C[C@@H]1[C@@H](CCCc2ccc(C(=O)OC)s2)[C@H](Cl)C[C@H]1OC1CCCCO1. The van der Waals surface area contributed by atoms with Gasteiger partial charge in [-0.1, -0.05) is 46.6 Å². The van der Waals surface area contributed by atoms with E-state index < -0.39 is 14.4 Å². The molecule has 0 spiro atoms. The molecule has 0 bridgehead atoms. The predicted molar refractivity (Wildman–Crippen MR) is 174 cm³/mol. The van der Waals surface area contributed by atoms with Crippen LogP contribution in [0.2, 0.25) is 18.1 Å². The number of ketones is 1. The number of esters is 1. The van der Waals surface area contributed by atoms with Gasteiger partial charge in [0.25, 0.3) is 0 Å². The Balaban J connectivity index is 1.74. The second-order valence-electron chi connectivity index (χ2n) is 13.4. The molecule has 9 heteroatoms. The smallest absolute Gasteiger partial charge is 0.348 e. The minimum atomic E-state index is -2.11. The lowest BCUT2D eigenvalue weighted by Crippen LogP contribution is -2.45. The summed E-state index contributed by atoms with van der Waals surface area (Å²) in [7, 11) is -0.706. The molecule has 42 heavy (non-hydrogen) atoms. The van der Waals surface area contributed by atoms with Crippen molar-refractivity contribution in [3.8, 4) is 0 Å². The first kappa shape index (κ1) is 35.4. The molecule has 1 aliphatic heterocycles. The number of carbonyl (C=O) groups is 2. The van der Waals surface area contributed by atoms with Crippen molar-refractivity contribution in [3.63, 3.8) is 0 Å². The fourth-order valence-electron chi connectivity index (χ4n) is 5.60. The Morgan fingerprint density at radius 3 is 2.62 bits per heavy atom. The Kier molecular flexibility index (Phi) is 13.8. The van der Waals surface area contributed by atoms with Gasteiger partial charge in [0, 0.05) is 22.8 Å². The molecule has 1 aromatic heterocycles. The molecule has 1 saturated carbocycles. The molecule has 0 radical (unpaired) electrons. The van der Waals surface area contributed by atoms with Gasteiger partial charge in [-0.3, -0.25) is 4.79 Å². The predicted octanol–water partition coefficient (Wildman–Crippen LogP) is 8.72. The van der Waals surface area contributed by atoms with E-state index in [9.17, 15) is 9.59 Å². The summed E-state index contributed by atoms with van der Waals surface area (Å²) in [6.45, 7) is 13.9. The first-order chi connectivity index (χ1) is 19.9. The third kappa shape index (κ3) is 9.99. The lowest BCUT2D eigenvalue weighted by atomic mass is 9.88. The van der Waals surface area contributed by atoms with Crippen molar-refractivity contribution in [1.29, 1.82) is 0 Å². The number of rotatable bonds is 15. The molecule has 1 aromatic rings. The summed E-state index contributed by atoms with van der Waals surface area (Å²) in [5.74, 6) is -0.0422. The standard InChI is InChI=1S/C33H53ClO6SSi/c1-8-9-15-28(40-42(6,7)33(2,3)4)27(35)19-18-25-24(14-12-13-23-17-20-30(41-23)32(36)37-5)26(34)22-29(25)39-31-16-10-11-21-38-31/h17-20,24-26,28-29,31H,8-16,21-22H2,1-7H3/t24-,25-,26-,28?,29-,31?/m1/s1. The van der Waals surface area contributed by atoms with Crippen LogP contribution in [0.5, 0.6) is 0 Å². The number of methoxy groups -OCH3 is 1. The highest BCUT2D eigenvalue weighted by molar-refractivity contribution is 7.13. The topological polar surface area (TPSA) is 71.1 Å². The van der Waals surface area contributed by atoms with Crippen LogP contribution in [0.15, 0.2) is 24.3 Å². The molecule has 2 unspecified atom stereocenters. The molecule has 1 aliphatic carbocycles. The average molecular weight is 641 g/mol. The van der Waals surface area contributed by atoms with E-state index in [-0.39, 0.29) is 46.4 Å². The van der Waals surface area contributed by atoms with E-state index in [4.69, 9.17) is 30.2 Å². The Morgan fingerprint density at radius 1 is 1.21 bits per heavy atom. The van der Waals surface area contributed by atoms with Gasteiger partial charge in [0.2, 0.25) is 0 Å². The monoisotopic (exact) mass is 640 g/mol. The summed E-state index contributed by atoms with van der Waals surface area (Å²) in [4.78, 5) is 27.3. The van der Waals surface area contributed by atoms with Crippen LogP contribution in [-0.2, 0) is 29.9 Å². The van der Waals surface area contributed by atoms with Crippen molar-refractivity contribution in [2.24, 2.45) is 11.8 Å². The Morgan fingerprint density at radius 2 is 1.98 bits per heavy atom. The summed E-state index contributed by atoms with van der Waals surface area (Å²) >= 11 is 8.48. The van der Waals surface area contributed by atoms with Crippen molar-refractivity contribution in [2.45, 2.75) is 134 Å². The quantitative estimate of drug-likeness (QED) is 0.0826. The molecule has 0 aromatic carbocycles. The zero-order valence-corrected chi connectivity index (χ0v) is 29.4. The van der Waals surface area contributed by atoms with Crippen LogP contribution >= 0.6 is 22.9 Å². The van der Waals surface area contributed by atoms with Gasteiger partial charge in [-0.05, 0) is 93.6 Å². The molecule has 0 N–H and O–H groups in total. The normalized spacial score (nSPS) is 26.0. The van der Waals surface area contributed by atoms with Gasteiger partial charge in [-0.15, -0.1) is 22.9 Å². The highest BCUT2D eigenvalue weighted by atomic mass is 35.5. The molecular formula is C33H53ClO6SSi. The average Bonchev–Trinajstić information content (AvgIpc) is 3.53. The Hall–Kier alpha value is -1.03. The minimum Gasteiger partial charge on any atom is -0.465 e. The maximum absolute atomic E-state index is 13.7. The maximum Gasteiger partial charge on any atom is 0.348 e. The number of halogens is 1. The minimum absolute atomic E-state index is 0.0237. The van der Waals surface area contributed by atoms with E-state index in [1.54, 1.807) is 6.08 Å². The fourth-order valence-corrected chi connectivity index (χ4v) is 8.34. The van der Waals surface area contributed by atoms with Gasteiger partial charge in [0.15, 0.2) is 20.4 Å². The molecular weight excluding hydrogens is 588 g/mol. The number of ether oxygens (including phenoxy) is 3. The third-order valence-electron chi connectivity index (χ3n) is 9.18. The first-order valence-corrected chi connectivity index (χ1v) is 20.0. The van der Waals surface area contributed by atoms with E-state index in [1.165, 1.54) is 18.4 Å². The lowest BCUT2D eigenvalue weighted by molar-refractivity contribution is -0.192. The molecule has 0 amide bonds. The molecule has 238 valence electrons. The summed E-state index contributed by atoms with van der Waals surface area (Å²) in [6.07, 6.45) is 12.3. The van der Waals surface area contributed by atoms with Crippen molar-refractivity contribution in [3.05, 3.63) is 34.0 Å². The number of carbonyl (C=O) groups excluding carboxylic acids is 2. The van der Waals surface area contributed by atoms with Crippen molar-refractivity contribution in [2.75, 3.05) is 13.7 Å². The van der Waals surface area contributed by atoms with Crippen LogP contribution in [0.4, 0.5) is 0 Å². The largest absolute Gasteiger partial charge is 0.465 e. The molecule has 2 heterocycles. The third-order valence-corrected chi connectivity index (χ3v) is 15.3. The molecule has 2 aliphatic rings. The van der Waals surface area contributed by atoms with Crippen molar-refractivity contribution >= 4 is 43.0 Å². The van der Waals surface area contributed by atoms with Crippen molar-refractivity contribution in [1.82, 2.24) is 0 Å². The summed E-state index contributed by atoms with van der Waals surface area (Å²) in [6, 6.07) is 3.84. The van der Waals surface area contributed by atoms with Crippen LogP contribution in [-0.4, -0.2) is 57.7 Å². The molecule has 1 saturated heterocycles. The number of thiophene rings is 1. The van der Waals surface area contributed by atoms with E-state index in [0.717, 1.165) is 75.7 Å². The second-order valence-corrected chi connectivity index (χ2v) is 19.9. The Bertz CT molecular complexity index is 1030. The van der Waals surface area contributed by atoms with E-state index in [2.05, 4.69) is 46.9 Å². The molecule has 3 rings (SSSR count).